The van der Waals surface area contributed by atoms with Crippen LogP contribution < -0.4 is 0 Å². The predicted molar refractivity (Wildman–Crippen MR) is 61.7 cm³/mol. The first-order chi connectivity index (χ1) is 9.43. The van der Waals surface area contributed by atoms with Crippen LogP contribution in [0.2, 0.25) is 5.02 Å². The summed E-state index contributed by atoms with van der Waals surface area (Å²) in [6.45, 7) is 2.94. The fourth-order valence-corrected chi connectivity index (χ4v) is 1.36. The number of rotatable bonds is 0. The maximum atomic E-state index is 11.9. The van der Waals surface area contributed by atoms with Crippen LogP contribution in [0.25, 0.3) is 0 Å². The minimum Gasteiger partial charge on any atom is -0.282 e. The molecule has 0 atom stereocenters. The molecular weight excluding hydrogens is 326 g/mol. The zero-order valence-corrected chi connectivity index (χ0v) is 11.4. The van der Waals surface area contributed by atoms with Gasteiger partial charge in [0.25, 0.3) is 0 Å². The van der Waals surface area contributed by atoms with E-state index in [1.165, 1.54) is 13.8 Å². The highest BCUT2D eigenvalue weighted by molar-refractivity contribution is 6.31. The van der Waals surface area contributed by atoms with Gasteiger partial charge in [0, 0.05) is 5.69 Å². The number of aromatic nitrogens is 4. The van der Waals surface area contributed by atoms with Crippen LogP contribution in [-0.4, -0.2) is 20.4 Å². The first kappa shape index (κ1) is 17.3. The number of nitrogens with one attached hydrogen (secondary N) is 2. The lowest BCUT2D eigenvalue weighted by molar-refractivity contribution is -0.141. The first-order valence-electron chi connectivity index (χ1n) is 5.29. The summed E-state index contributed by atoms with van der Waals surface area (Å²) in [5, 5.41) is 10.0. The molecule has 0 aliphatic heterocycles. The Morgan fingerprint density at radius 2 is 1.52 bits per heavy atom. The molecule has 0 unspecified atom stereocenters. The van der Waals surface area contributed by atoms with Gasteiger partial charge >= 0.3 is 12.4 Å². The van der Waals surface area contributed by atoms with Crippen LogP contribution in [0.1, 0.15) is 22.8 Å². The molecule has 0 spiro atoms. The fourth-order valence-electron chi connectivity index (χ4n) is 1.17. The Bertz CT molecular complexity index is 597. The molecule has 21 heavy (non-hydrogen) atoms. The van der Waals surface area contributed by atoms with E-state index in [1.54, 1.807) is 0 Å². The Balaban J connectivity index is 0.000000211. The first-order valence-corrected chi connectivity index (χ1v) is 5.67. The molecule has 0 aliphatic rings. The summed E-state index contributed by atoms with van der Waals surface area (Å²) in [5.41, 5.74) is -1.30. The zero-order chi connectivity index (χ0) is 16.4. The second-order valence-electron chi connectivity index (χ2n) is 3.94. The zero-order valence-electron chi connectivity index (χ0n) is 10.6. The third kappa shape index (κ3) is 4.66. The van der Waals surface area contributed by atoms with Gasteiger partial charge in [-0.15, -0.1) is 0 Å². The molecule has 0 bridgehead atoms. The fraction of sp³-hybridized carbons (Fsp3) is 0.400. The number of aromatic amines is 2. The highest BCUT2D eigenvalue weighted by atomic mass is 35.5. The quantitative estimate of drug-likeness (QED) is 0.712. The molecule has 4 nitrogen and oxygen atoms in total. The van der Waals surface area contributed by atoms with Crippen LogP contribution in [0, 0.1) is 13.8 Å². The topological polar surface area (TPSA) is 57.4 Å². The van der Waals surface area contributed by atoms with Crippen molar-refractivity contribution < 1.29 is 26.3 Å². The number of hydrogen-bond donors (Lipinski definition) is 2. The maximum Gasteiger partial charge on any atom is 0.436 e. The number of halogens is 7. The van der Waals surface area contributed by atoms with Crippen LogP contribution in [0.3, 0.4) is 0 Å². The summed E-state index contributed by atoms with van der Waals surface area (Å²) >= 11 is 5.28. The van der Waals surface area contributed by atoms with Crippen molar-refractivity contribution in [3.63, 3.8) is 0 Å². The highest BCUT2D eigenvalue weighted by Gasteiger charge is 2.37. The molecule has 0 aliphatic carbocycles. The van der Waals surface area contributed by atoms with Gasteiger partial charge in [0.15, 0.2) is 11.4 Å². The monoisotopic (exact) mass is 334 g/mol. The van der Waals surface area contributed by atoms with Gasteiger partial charge in [0.1, 0.15) is 0 Å². The molecule has 0 amide bonds. The third-order valence-electron chi connectivity index (χ3n) is 2.14. The van der Waals surface area contributed by atoms with E-state index in [9.17, 15) is 26.3 Å². The largest absolute Gasteiger partial charge is 0.436 e. The Labute approximate surface area is 119 Å². The molecule has 0 saturated heterocycles. The SMILES string of the molecule is Cc1[nH]nc(C(F)(F)F)c1Cl.Cc1cc(C(F)(F)F)n[nH]1. The van der Waals surface area contributed by atoms with Crippen molar-refractivity contribution in [3.8, 4) is 0 Å². The van der Waals surface area contributed by atoms with Crippen molar-refractivity contribution in [2.45, 2.75) is 26.2 Å². The summed E-state index contributed by atoms with van der Waals surface area (Å²) < 4.78 is 70.8. The van der Waals surface area contributed by atoms with Crippen LogP contribution in [0.15, 0.2) is 6.07 Å². The molecule has 11 heteroatoms. The summed E-state index contributed by atoms with van der Waals surface area (Å²) in [4.78, 5) is 0. The van der Waals surface area contributed by atoms with E-state index in [0.29, 0.717) is 5.69 Å². The number of alkyl halides is 6. The van der Waals surface area contributed by atoms with E-state index in [1.807, 2.05) is 0 Å². The molecule has 2 N–H and O–H groups in total. The van der Waals surface area contributed by atoms with Gasteiger partial charge < -0.3 is 0 Å². The molecule has 118 valence electrons. The third-order valence-corrected chi connectivity index (χ3v) is 2.60. The highest BCUT2D eigenvalue weighted by Crippen LogP contribution is 2.33. The molecule has 2 aromatic heterocycles. The number of hydrogen-bond acceptors (Lipinski definition) is 2. The van der Waals surface area contributed by atoms with E-state index in [2.05, 4.69) is 20.4 Å². The average Bonchev–Trinajstić information content (AvgIpc) is 2.86. The second kappa shape index (κ2) is 5.96. The normalized spacial score (nSPS) is 12.0. The Morgan fingerprint density at radius 3 is 1.71 bits per heavy atom. The molecule has 0 saturated carbocycles. The van der Waals surface area contributed by atoms with E-state index >= 15 is 0 Å². The van der Waals surface area contributed by atoms with Gasteiger partial charge in [0.05, 0.1) is 10.7 Å². The minimum atomic E-state index is -4.47. The summed E-state index contributed by atoms with van der Waals surface area (Å²) in [6.07, 6.45) is -8.80. The van der Waals surface area contributed by atoms with Crippen LogP contribution in [0.5, 0.6) is 0 Å². The van der Waals surface area contributed by atoms with Crippen LogP contribution in [-0.2, 0) is 12.4 Å². The van der Waals surface area contributed by atoms with Crippen LogP contribution in [0.4, 0.5) is 26.3 Å². The van der Waals surface area contributed by atoms with Crippen molar-refractivity contribution in [3.05, 3.63) is 33.9 Å². The van der Waals surface area contributed by atoms with E-state index < -0.39 is 23.7 Å². The van der Waals surface area contributed by atoms with Crippen molar-refractivity contribution in [2.24, 2.45) is 0 Å². The molecule has 0 radical (unpaired) electrons. The molecular formula is C10H9ClF6N4. The molecule has 2 rings (SSSR count). The van der Waals surface area contributed by atoms with E-state index in [0.717, 1.165) is 6.07 Å². The van der Waals surface area contributed by atoms with Gasteiger partial charge in [-0.05, 0) is 19.9 Å². The standard InChI is InChI=1S/C5H4ClF3N2.C5H5F3N2/c1-2-3(6)4(11-10-2)5(7,8)9;1-3-2-4(10-9-3)5(6,7)8/h1H3,(H,10,11);2H,1H3,(H,9,10). The molecule has 0 fully saturated rings. The average molecular weight is 335 g/mol. The van der Waals surface area contributed by atoms with Crippen molar-refractivity contribution in [1.82, 2.24) is 20.4 Å². The summed E-state index contributed by atoms with van der Waals surface area (Å²) in [5.74, 6) is 0. The Morgan fingerprint density at radius 1 is 0.952 bits per heavy atom. The molecule has 2 heterocycles. The Kier molecular flexibility index (Phi) is 4.92. The van der Waals surface area contributed by atoms with E-state index in [-0.39, 0.29) is 10.7 Å². The van der Waals surface area contributed by atoms with Gasteiger partial charge in [-0.25, -0.2) is 0 Å². The van der Waals surface area contributed by atoms with Crippen molar-refractivity contribution in [1.29, 1.82) is 0 Å². The Hall–Kier alpha value is -1.71. The summed E-state index contributed by atoms with van der Waals surface area (Å²) in [7, 11) is 0. The van der Waals surface area contributed by atoms with Gasteiger partial charge in [-0.3, -0.25) is 10.2 Å². The lowest BCUT2D eigenvalue weighted by atomic mass is 10.4. The van der Waals surface area contributed by atoms with Gasteiger partial charge in [-0.1, -0.05) is 11.6 Å². The second-order valence-corrected chi connectivity index (χ2v) is 4.32. The smallest absolute Gasteiger partial charge is 0.282 e. The van der Waals surface area contributed by atoms with Gasteiger partial charge in [-0.2, -0.15) is 36.5 Å². The van der Waals surface area contributed by atoms with Crippen molar-refractivity contribution >= 4 is 11.6 Å². The van der Waals surface area contributed by atoms with Gasteiger partial charge in [0.2, 0.25) is 0 Å². The number of H-pyrrole nitrogens is 2. The maximum absolute atomic E-state index is 11.9. The lowest BCUT2D eigenvalue weighted by Crippen LogP contribution is -2.05. The molecule has 0 aromatic carbocycles. The summed E-state index contributed by atoms with van der Waals surface area (Å²) in [6, 6.07) is 0.958. The number of nitrogens with zero attached hydrogens (tertiary/aromatic N) is 2. The molecule has 2 aromatic rings. The van der Waals surface area contributed by atoms with E-state index in [4.69, 9.17) is 11.6 Å². The van der Waals surface area contributed by atoms with Crippen LogP contribution >= 0.6 is 11.6 Å². The lowest BCUT2D eigenvalue weighted by Gasteiger charge is -2.00. The van der Waals surface area contributed by atoms with Crippen molar-refractivity contribution in [2.75, 3.05) is 0 Å². The number of aryl methyl sites for hydroxylation is 2. The predicted octanol–water partition coefficient (Wildman–Crippen LogP) is 4.13. The minimum absolute atomic E-state index is 0.221.